The van der Waals surface area contributed by atoms with E-state index in [2.05, 4.69) is 34.6 Å². The number of hydrogen-bond acceptors (Lipinski definition) is 3. The zero-order valence-electron chi connectivity index (χ0n) is 28.1. The Labute approximate surface area is 257 Å². The maximum absolute atomic E-state index is 11.9. The predicted molar refractivity (Wildman–Crippen MR) is 180 cm³/mol. The van der Waals surface area contributed by atoms with Gasteiger partial charge in [0.05, 0.1) is 37.7 Å². The first kappa shape index (κ1) is 40.1. The van der Waals surface area contributed by atoms with Crippen molar-refractivity contribution < 1.29 is 17.1 Å². The van der Waals surface area contributed by atoms with Crippen LogP contribution < -0.4 is 0 Å². The molecule has 1 aromatic rings. The molecule has 0 amide bonds. The molecule has 5 heteroatoms. The summed E-state index contributed by atoms with van der Waals surface area (Å²) in [6, 6.07) is 8.33. The second kappa shape index (κ2) is 27.9. The van der Waals surface area contributed by atoms with Crippen molar-refractivity contribution in [3.05, 3.63) is 30.3 Å². The molecule has 1 rings (SSSR count). The lowest BCUT2D eigenvalue weighted by molar-refractivity contribution is -0.923. The predicted octanol–water partition coefficient (Wildman–Crippen LogP) is 11.1. The molecule has 0 N–H and O–H groups in total. The van der Waals surface area contributed by atoms with Crippen LogP contribution in [0.3, 0.4) is 0 Å². The van der Waals surface area contributed by atoms with Gasteiger partial charge in [-0.2, -0.15) is 8.42 Å². The first-order chi connectivity index (χ1) is 19.9. The van der Waals surface area contributed by atoms with Crippen LogP contribution in [-0.2, 0) is 14.3 Å². The van der Waals surface area contributed by atoms with Crippen LogP contribution in [0, 0.1) is 0 Å². The summed E-state index contributed by atoms with van der Waals surface area (Å²) < 4.78 is 30.1. The molecule has 0 aliphatic heterocycles. The summed E-state index contributed by atoms with van der Waals surface area (Å²) in [4.78, 5) is 0.238. The average Bonchev–Trinajstić information content (AvgIpc) is 3.00. The normalized spacial score (nSPS) is 11.8. The molecule has 0 aliphatic carbocycles. The molecule has 0 bridgehead atoms. The van der Waals surface area contributed by atoms with E-state index >= 15 is 0 Å². The fourth-order valence-electron chi connectivity index (χ4n) is 5.49. The van der Waals surface area contributed by atoms with Gasteiger partial charge < -0.3 is 4.48 Å². The van der Waals surface area contributed by atoms with Gasteiger partial charge in [0.25, 0.3) is 10.1 Å². The molecule has 0 saturated carbocycles. The van der Waals surface area contributed by atoms with Crippen LogP contribution in [0.5, 0.6) is 0 Å². The van der Waals surface area contributed by atoms with Crippen molar-refractivity contribution in [3.8, 4) is 0 Å². The summed E-state index contributed by atoms with van der Waals surface area (Å²) in [5.74, 6) is 0. The first-order valence-electron chi connectivity index (χ1n) is 17.7. The van der Waals surface area contributed by atoms with Crippen LogP contribution in [0.15, 0.2) is 35.2 Å². The summed E-state index contributed by atoms with van der Waals surface area (Å²) in [6.45, 7) is 17.2. The molecule has 0 spiro atoms. The summed E-state index contributed by atoms with van der Waals surface area (Å²) in [7, 11) is -3.57. The Balaban J connectivity index is 0.000000790. The van der Waals surface area contributed by atoms with Crippen LogP contribution in [0.25, 0.3) is 0 Å². The fraction of sp³-hybridized carbons (Fsp3) is 0.833. The van der Waals surface area contributed by atoms with E-state index in [1.165, 1.54) is 146 Å². The third-order valence-corrected chi connectivity index (χ3v) is 10.1. The monoisotopic (exact) mass is 597 g/mol. The smallest absolute Gasteiger partial charge is 0.296 e. The van der Waals surface area contributed by atoms with Crippen molar-refractivity contribution in [2.75, 3.05) is 32.8 Å². The molecule has 0 fully saturated rings. The molecule has 1 aromatic carbocycles. The van der Waals surface area contributed by atoms with Gasteiger partial charge in [-0.25, -0.2) is 0 Å². The standard InChI is InChI=1S/C18H40N.C18H30O3S/c1-5-9-10-11-12-13-14-15-16-17-18-19(6-2,7-3)8-4;1-2-3-4-5-6-7-8-9-10-14-17-21-22(19,20)18-15-12-11-13-16-18/h5-18H2,1-4H3;11-13,15-16H,2-10,14,17H2,1H3/q+1;. The topological polar surface area (TPSA) is 43.4 Å². The van der Waals surface area contributed by atoms with Crippen LogP contribution >= 0.6 is 0 Å². The van der Waals surface area contributed by atoms with Crippen LogP contribution in [-0.4, -0.2) is 45.7 Å². The lowest BCUT2D eigenvalue weighted by atomic mass is 10.1. The molecule has 41 heavy (non-hydrogen) atoms. The van der Waals surface area contributed by atoms with E-state index in [1.54, 1.807) is 30.3 Å². The van der Waals surface area contributed by atoms with E-state index in [9.17, 15) is 8.42 Å². The Morgan fingerprint density at radius 3 is 1.27 bits per heavy atom. The summed E-state index contributed by atoms with van der Waals surface area (Å²) >= 11 is 0. The molecule has 0 atom stereocenters. The van der Waals surface area contributed by atoms with E-state index in [-0.39, 0.29) is 11.5 Å². The van der Waals surface area contributed by atoms with Crippen molar-refractivity contribution in [3.63, 3.8) is 0 Å². The highest BCUT2D eigenvalue weighted by Gasteiger charge is 2.19. The molecule has 0 radical (unpaired) electrons. The summed E-state index contributed by atoms with van der Waals surface area (Å²) in [6.07, 6.45) is 26.8. The minimum atomic E-state index is -3.57. The minimum absolute atomic E-state index is 0.238. The number of benzene rings is 1. The van der Waals surface area contributed by atoms with Crippen molar-refractivity contribution in [1.82, 2.24) is 0 Å². The van der Waals surface area contributed by atoms with Gasteiger partial charge >= 0.3 is 0 Å². The maximum Gasteiger partial charge on any atom is 0.296 e. The molecular weight excluding hydrogens is 526 g/mol. The van der Waals surface area contributed by atoms with E-state index in [1.807, 2.05) is 0 Å². The fourth-order valence-corrected chi connectivity index (χ4v) is 6.46. The third-order valence-electron chi connectivity index (χ3n) is 8.77. The quantitative estimate of drug-likeness (QED) is 0.0576. The van der Waals surface area contributed by atoms with E-state index in [4.69, 9.17) is 4.18 Å². The Morgan fingerprint density at radius 2 is 0.878 bits per heavy atom. The highest BCUT2D eigenvalue weighted by atomic mass is 32.2. The third kappa shape index (κ3) is 22.3. The van der Waals surface area contributed by atoms with Crippen LogP contribution in [0.2, 0.25) is 0 Å². The number of nitrogens with zero attached hydrogens (tertiary/aromatic N) is 1. The van der Waals surface area contributed by atoms with Crippen LogP contribution in [0.4, 0.5) is 0 Å². The molecular formula is C36H70NO3S+. The van der Waals surface area contributed by atoms with Gasteiger partial charge in [0.2, 0.25) is 0 Å². The molecule has 0 aliphatic rings. The average molecular weight is 597 g/mol. The molecule has 242 valence electrons. The van der Waals surface area contributed by atoms with E-state index in [0.717, 1.165) is 12.8 Å². The maximum atomic E-state index is 11.9. The molecule has 0 unspecified atom stereocenters. The van der Waals surface area contributed by atoms with Crippen molar-refractivity contribution in [1.29, 1.82) is 0 Å². The largest absolute Gasteiger partial charge is 0.324 e. The molecule has 4 nitrogen and oxygen atoms in total. The second-order valence-electron chi connectivity index (χ2n) is 12.0. The lowest BCUT2D eigenvalue weighted by Gasteiger charge is -2.35. The van der Waals surface area contributed by atoms with Crippen molar-refractivity contribution in [2.45, 2.75) is 168 Å². The lowest BCUT2D eigenvalue weighted by Crippen LogP contribution is -2.48. The van der Waals surface area contributed by atoms with Crippen LogP contribution in [0.1, 0.15) is 163 Å². The number of hydrogen-bond donors (Lipinski definition) is 0. The van der Waals surface area contributed by atoms with E-state index < -0.39 is 10.1 Å². The second-order valence-corrected chi connectivity index (χ2v) is 13.6. The van der Waals surface area contributed by atoms with Gasteiger partial charge in [0, 0.05) is 0 Å². The highest BCUT2D eigenvalue weighted by molar-refractivity contribution is 7.86. The summed E-state index contributed by atoms with van der Waals surface area (Å²) in [5.41, 5.74) is 0. The van der Waals surface area contributed by atoms with Crippen molar-refractivity contribution in [2.24, 2.45) is 0 Å². The Bertz CT molecular complexity index is 754. The zero-order chi connectivity index (χ0) is 30.5. The van der Waals surface area contributed by atoms with Gasteiger partial charge in [-0.15, -0.1) is 0 Å². The zero-order valence-corrected chi connectivity index (χ0v) is 29.0. The van der Waals surface area contributed by atoms with Gasteiger partial charge in [0.1, 0.15) is 0 Å². The van der Waals surface area contributed by atoms with Gasteiger partial charge in [-0.1, -0.05) is 141 Å². The van der Waals surface area contributed by atoms with Gasteiger partial charge in [0.15, 0.2) is 0 Å². The summed E-state index contributed by atoms with van der Waals surface area (Å²) in [5, 5.41) is 0. The van der Waals surface area contributed by atoms with E-state index in [0.29, 0.717) is 0 Å². The van der Waals surface area contributed by atoms with Crippen molar-refractivity contribution >= 4 is 10.1 Å². The first-order valence-corrected chi connectivity index (χ1v) is 19.1. The number of rotatable bonds is 27. The Morgan fingerprint density at radius 1 is 0.512 bits per heavy atom. The SMILES string of the molecule is CCCCCCCCCCCCOS(=O)(=O)c1ccccc1.CCCCCCCCCCCC[N+](CC)(CC)CC. The Kier molecular flexibility index (Phi) is 27.3. The van der Waals surface area contributed by atoms with Gasteiger partial charge in [-0.05, 0) is 52.2 Å². The molecule has 0 heterocycles. The highest BCUT2D eigenvalue weighted by Crippen LogP contribution is 2.15. The Hall–Kier alpha value is -0.910. The number of unbranched alkanes of at least 4 members (excludes halogenated alkanes) is 18. The molecule has 0 saturated heterocycles. The number of quaternary nitrogens is 1. The minimum Gasteiger partial charge on any atom is -0.324 e. The molecule has 0 aromatic heterocycles. The van der Waals surface area contributed by atoms with Gasteiger partial charge in [-0.3, -0.25) is 4.18 Å².